The largest absolute Gasteiger partial charge is 0.504 e. The molecule has 0 aliphatic carbocycles. The molecular formula is C24H34O10. The zero-order valence-corrected chi connectivity index (χ0v) is 19.3. The number of aliphatic hydroxyl groups is 4. The van der Waals surface area contributed by atoms with Gasteiger partial charge in [-0.05, 0) is 50.8 Å². The summed E-state index contributed by atoms with van der Waals surface area (Å²) < 4.78 is 16.2. The van der Waals surface area contributed by atoms with Crippen molar-refractivity contribution in [2.75, 3.05) is 19.8 Å². The van der Waals surface area contributed by atoms with Crippen molar-refractivity contribution in [2.24, 2.45) is 0 Å². The number of allylic oxidation sites excluding steroid dienone is 2. The van der Waals surface area contributed by atoms with Crippen LogP contribution >= 0.6 is 0 Å². The molecule has 10 nitrogen and oxygen atoms in total. The molecule has 6 N–H and O–H groups in total. The van der Waals surface area contributed by atoms with E-state index in [9.17, 15) is 30.3 Å². The van der Waals surface area contributed by atoms with Crippen LogP contribution < -0.4 is 0 Å². The van der Waals surface area contributed by atoms with Gasteiger partial charge in [0.25, 0.3) is 0 Å². The number of carbonyl (C=O) groups is 1. The second-order valence-corrected chi connectivity index (χ2v) is 8.22. The van der Waals surface area contributed by atoms with Crippen LogP contribution in [0.4, 0.5) is 0 Å². The van der Waals surface area contributed by atoms with Crippen molar-refractivity contribution in [3.8, 4) is 11.5 Å². The highest BCUT2D eigenvalue weighted by Gasteiger charge is 2.44. The third-order valence-corrected chi connectivity index (χ3v) is 5.51. The van der Waals surface area contributed by atoms with Gasteiger partial charge in [0.05, 0.1) is 13.2 Å². The first-order chi connectivity index (χ1) is 16.1. The fraction of sp³-hybridized carbons (Fsp3) is 0.542. The van der Waals surface area contributed by atoms with Gasteiger partial charge in [-0.25, -0.2) is 4.79 Å². The van der Waals surface area contributed by atoms with E-state index in [-0.39, 0.29) is 31.3 Å². The molecule has 0 amide bonds. The molecule has 10 heteroatoms. The summed E-state index contributed by atoms with van der Waals surface area (Å²) in [5.74, 6) is -1.12. The lowest BCUT2D eigenvalue weighted by Crippen LogP contribution is -2.59. The number of aromatic hydroxyl groups is 2. The van der Waals surface area contributed by atoms with Gasteiger partial charge in [-0.1, -0.05) is 23.8 Å². The molecule has 190 valence electrons. The zero-order chi connectivity index (χ0) is 25.3. The number of benzene rings is 1. The number of phenols is 2. The van der Waals surface area contributed by atoms with E-state index in [2.05, 4.69) is 0 Å². The molecule has 0 aromatic heterocycles. The third kappa shape index (κ3) is 8.08. The molecule has 2 rings (SSSR count). The van der Waals surface area contributed by atoms with E-state index < -0.39 is 36.7 Å². The molecule has 0 unspecified atom stereocenters. The lowest BCUT2D eigenvalue weighted by atomic mass is 9.99. The van der Waals surface area contributed by atoms with Crippen LogP contribution in [0.2, 0.25) is 0 Å². The molecule has 1 aromatic carbocycles. The Morgan fingerprint density at radius 1 is 1.06 bits per heavy atom. The van der Waals surface area contributed by atoms with E-state index in [1.807, 2.05) is 6.92 Å². The van der Waals surface area contributed by atoms with Crippen molar-refractivity contribution in [3.05, 3.63) is 47.1 Å². The SMILES string of the molecule is CC(=CCO)CCC=C(C)C(=O)OC[C@H]1O[C@@H](OCCc2ccc(O)c(O)c2)[C@H](O)[C@@H](O)[C@@H]1O. The molecule has 1 aromatic rings. The van der Waals surface area contributed by atoms with Gasteiger partial charge in [-0.3, -0.25) is 0 Å². The topological polar surface area (TPSA) is 166 Å². The first-order valence-corrected chi connectivity index (χ1v) is 11.1. The fourth-order valence-electron chi connectivity index (χ4n) is 3.34. The summed E-state index contributed by atoms with van der Waals surface area (Å²) in [7, 11) is 0. The Morgan fingerprint density at radius 3 is 2.47 bits per heavy atom. The lowest BCUT2D eigenvalue weighted by molar-refractivity contribution is -0.301. The number of ether oxygens (including phenoxy) is 3. The van der Waals surface area contributed by atoms with Gasteiger partial charge >= 0.3 is 5.97 Å². The Balaban J connectivity index is 1.86. The summed E-state index contributed by atoms with van der Waals surface area (Å²) in [6, 6.07) is 4.31. The average molecular weight is 483 g/mol. The van der Waals surface area contributed by atoms with Crippen LogP contribution in [0.3, 0.4) is 0 Å². The maximum atomic E-state index is 12.2. The second kappa shape index (κ2) is 13.4. The molecule has 1 aliphatic heterocycles. The Morgan fingerprint density at radius 2 is 1.79 bits per heavy atom. The van der Waals surface area contributed by atoms with E-state index in [0.717, 1.165) is 5.57 Å². The lowest BCUT2D eigenvalue weighted by Gasteiger charge is -2.40. The Kier molecular flexibility index (Phi) is 11.0. The van der Waals surface area contributed by atoms with Gasteiger partial charge in [-0.15, -0.1) is 0 Å². The van der Waals surface area contributed by atoms with Gasteiger partial charge in [0, 0.05) is 5.57 Å². The number of hydrogen-bond acceptors (Lipinski definition) is 10. The van der Waals surface area contributed by atoms with E-state index in [1.54, 1.807) is 25.1 Å². The van der Waals surface area contributed by atoms with E-state index in [0.29, 0.717) is 30.4 Å². The normalized spacial score (nSPS) is 25.9. The van der Waals surface area contributed by atoms with Crippen LogP contribution in [-0.4, -0.2) is 87.1 Å². The predicted octanol–water partition coefficient (Wildman–Crippen LogP) is 0.673. The highest BCUT2D eigenvalue weighted by Crippen LogP contribution is 2.26. The molecule has 34 heavy (non-hydrogen) atoms. The van der Waals surface area contributed by atoms with Crippen molar-refractivity contribution in [1.82, 2.24) is 0 Å². The monoisotopic (exact) mass is 482 g/mol. The summed E-state index contributed by atoms with van der Waals surface area (Å²) >= 11 is 0. The molecule has 1 fully saturated rings. The highest BCUT2D eigenvalue weighted by molar-refractivity contribution is 5.87. The van der Waals surface area contributed by atoms with E-state index in [1.165, 1.54) is 12.1 Å². The molecule has 0 saturated carbocycles. The molecule has 0 radical (unpaired) electrons. The van der Waals surface area contributed by atoms with Gasteiger partial charge in [0.1, 0.15) is 31.0 Å². The quantitative estimate of drug-likeness (QED) is 0.114. The Labute approximate surface area is 198 Å². The molecule has 1 saturated heterocycles. The first kappa shape index (κ1) is 27.8. The summed E-state index contributed by atoms with van der Waals surface area (Å²) in [4.78, 5) is 12.2. The number of carbonyl (C=O) groups excluding carboxylic acids is 1. The van der Waals surface area contributed by atoms with Crippen molar-refractivity contribution in [2.45, 2.75) is 63.8 Å². The van der Waals surface area contributed by atoms with Crippen LogP contribution in [0, 0.1) is 0 Å². The third-order valence-electron chi connectivity index (χ3n) is 5.51. The summed E-state index contributed by atoms with van der Waals surface area (Å²) in [6.07, 6.45) is -1.99. The van der Waals surface area contributed by atoms with Crippen LogP contribution in [0.1, 0.15) is 32.3 Å². The number of rotatable bonds is 11. The number of esters is 1. The smallest absolute Gasteiger partial charge is 0.333 e. The molecule has 0 bridgehead atoms. The molecule has 0 spiro atoms. The molecule has 1 heterocycles. The van der Waals surface area contributed by atoms with Crippen LogP contribution in [0.25, 0.3) is 0 Å². The minimum atomic E-state index is -1.57. The molecular weight excluding hydrogens is 448 g/mol. The van der Waals surface area contributed by atoms with Crippen LogP contribution in [-0.2, 0) is 25.4 Å². The summed E-state index contributed by atoms with van der Waals surface area (Å²) in [5.41, 5.74) is 2.03. The molecule has 5 atom stereocenters. The van der Waals surface area contributed by atoms with Crippen LogP contribution in [0.15, 0.2) is 41.5 Å². The number of phenolic OH excluding ortho intramolecular Hbond substituents is 2. The maximum absolute atomic E-state index is 12.2. The van der Waals surface area contributed by atoms with Crippen molar-refractivity contribution in [3.63, 3.8) is 0 Å². The van der Waals surface area contributed by atoms with E-state index >= 15 is 0 Å². The highest BCUT2D eigenvalue weighted by atomic mass is 16.7. The van der Waals surface area contributed by atoms with Crippen LogP contribution in [0.5, 0.6) is 11.5 Å². The Bertz CT molecular complexity index is 865. The fourth-order valence-corrected chi connectivity index (χ4v) is 3.34. The van der Waals surface area contributed by atoms with Gasteiger partial charge in [-0.2, -0.15) is 0 Å². The van der Waals surface area contributed by atoms with Gasteiger partial charge in [0.2, 0.25) is 0 Å². The average Bonchev–Trinajstić information content (AvgIpc) is 2.80. The Hall–Kier alpha value is -2.47. The number of aliphatic hydroxyl groups excluding tert-OH is 4. The maximum Gasteiger partial charge on any atom is 0.333 e. The van der Waals surface area contributed by atoms with Gasteiger partial charge in [0.15, 0.2) is 17.8 Å². The standard InChI is InChI=1S/C24H34O10/c1-14(8-10-25)4-3-5-15(2)23(31)33-13-19-20(28)21(29)22(30)24(34-19)32-11-9-16-6-7-17(26)18(27)12-16/h5-8,12,19-22,24-30H,3-4,9-11,13H2,1-2H3/t19-,20-,21+,22-,24-/m1/s1. The minimum Gasteiger partial charge on any atom is -0.504 e. The minimum absolute atomic E-state index is 0.0358. The van der Waals surface area contributed by atoms with Crippen molar-refractivity contribution >= 4 is 5.97 Å². The van der Waals surface area contributed by atoms with Crippen molar-refractivity contribution in [1.29, 1.82) is 0 Å². The van der Waals surface area contributed by atoms with Crippen molar-refractivity contribution < 1.29 is 49.6 Å². The van der Waals surface area contributed by atoms with E-state index in [4.69, 9.17) is 19.3 Å². The molecule has 1 aliphatic rings. The second-order valence-electron chi connectivity index (χ2n) is 8.22. The van der Waals surface area contributed by atoms with Gasteiger partial charge < -0.3 is 44.8 Å². The zero-order valence-electron chi connectivity index (χ0n) is 19.3. The number of hydrogen-bond donors (Lipinski definition) is 6. The summed E-state index contributed by atoms with van der Waals surface area (Å²) in [6.45, 7) is 3.13. The summed E-state index contributed by atoms with van der Waals surface area (Å²) in [5, 5.41) is 58.3. The predicted molar refractivity (Wildman–Crippen MR) is 121 cm³/mol. The first-order valence-electron chi connectivity index (χ1n) is 11.1.